The Bertz CT molecular complexity index is 376. The van der Waals surface area contributed by atoms with E-state index in [1.165, 1.54) is 89.9 Å². The van der Waals surface area contributed by atoms with Crippen LogP contribution in [0.3, 0.4) is 0 Å². The number of carbonyl (C=O) groups is 1. The minimum atomic E-state index is -0.494. The van der Waals surface area contributed by atoms with Crippen LogP contribution in [0.5, 0.6) is 0 Å². The van der Waals surface area contributed by atoms with Crippen molar-refractivity contribution in [3.8, 4) is 0 Å². The molecule has 0 aliphatic rings. The van der Waals surface area contributed by atoms with Crippen molar-refractivity contribution in [2.75, 3.05) is 13.2 Å². The third-order valence-electron chi connectivity index (χ3n) is 5.52. The van der Waals surface area contributed by atoms with E-state index in [1.807, 2.05) is 0 Å². The second kappa shape index (κ2) is 24.3. The summed E-state index contributed by atoms with van der Waals surface area (Å²) in [5.41, 5.74) is 0. The summed E-state index contributed by atoms with van der Waals surface area (Å²) >= 11 is 0. The summed E-state index contributed by atoms with van der Waals surface area (Å²) in [6, 6.07) is 0. The maximum atomic E-state index is 11.5. The van der Waals surface area contributed by atoms with Gasteiger partial charge in [0.2, 0.25) is 0 Å². The number of rotatable bonds is 22. The van der Waals surface area contributed by atoms with Crippen LogP contribution in [-0.2, 0) is 9.47 Å². The minimum Gasteiger partial charge on any atom is -0.434 e. The van der Waals surface area contributed by atoms with E-state index >= 15 is 0 Å². The number of hydrogen-bond acceptors (Lipinski definition) is 3. The number of carbonyl (C=O) groups excluding carboxylic acids is 1. The molecule has 0 aliphatic carbocycles. The fourth-order valence-corrected chi connectivity index (χ4v) is 3.53. The van der Waals surface area contributed by atoms with Gasteiger partial charge in [-0.1, -0.05) is 110 Å². The quantitative estimate of drug-likeness (QED) is 0.0986. The van der Waals surface area contributed by atoms with Crippen LogP contribution in [-0.4, -0.2) is 19.4 Å². The van der Waals surface area contributed by atoms with Crippen LogP contribution in [0.1, 0.15) is 136 Å². The van der Waals surface area contributed by atoms with E-state index in [-0.39, 0.29) is 0 Å². The van der Waals surface area contributed by atoms with Crippen molar-refractivity contribution in [3.63, 3.8) is 0 Å². The number of hydrogen-bond donors (Lipinski definition) is 0. The average molecular weight is 425 g/mol. The minimum absolute atomic E-state index is 0.490. The lowest BCUT2D eigenvalue weighted by molar-refractivity contribution is 0.0528. The highest BCUT2D eigenvalue weighted by Gasteiger charge is 2.03. The zero-order valence-corrected chi connectivity index (χ0v) is 20.6. The van der Waals surface area contributed by atoms with Crippen LogP contribution >= 0.6 is 0 Å². The first-order valence-corrected chi connectivity index (χ1v) is 13.1. The molecule has 3 heteroatoms. The van der Waals surface area contributed by atoms with E-state index in [1.54, 1.807) is 0 Å². The lowest BCUT2D eigenvalue weighted by Gasteiger charge is -2.07. The molecule has 0 spiro atoms. The third kappa shape index (κ3) is 25.0. The van der Waals surface area contributed by atoms with Gasteiger partial charge < -0.3 is 9.47 Å². The molecule has 0 rings (SSSR count). The molecule has 0 unspecified atom stereocenters. The van der Waals surface area contributed by atoms with Crippen LogP contribution < -0.4 is 0 Å². The van der Waals surface area contributed by atoms with E-state index in [2.05, 4.69) is 32.9 Å². The van der Waals surface area contributed by atoms with Crippen molar-refractivity contribution in [2.24, 2.45) is 5.92 Å². The molecule has 0 aromatic heterocycles. The van der Waals surface area contributed by atoms with Crippen LogP contribution in [0.4, 0.5) is 4.79 Å². The van der Waals surface area contributed by atoms with Crippen LogP contribution in [0.25, 0.3) is 0 Å². The molecule has 0 atom stereocenters. The van der Waals surface area contributed by atoms with Crippen LogP contribution in [0, 0.1) is 5.92 Å². The maximum absolute atomic E-state index is 11.5. The molecule has 0 bridgehead atoms. The van der Waals surface area contributed by atoms with Crippen LogP contribution in [0.2, 0.25) is 0 Å². The van der Waals surface area contributed by atoms with E-state index in [9.17, 15) is 4.79 Å². The molecule has 0 saturated carbocycles. The Kier molecular flexibility index (Phi) is 23.5. The second-order valence-corrected chi connectivity index (χ2v) is 9.13. The normalized spacial score (nSPS) is 11.5. The number of ether oxygens (including phenoxy) is 2. The van der Waals surface area contributed by atoms with Crippen molar-refractivity contribution < 1.29 is 14.3 Å². The highest BCUT2D eigenvalue weighted by Crippen LogP contribution is 2.10. The first-order chi connectivity index (χ1) is 14.7. The van der Waals surface area contributed by atoms with Gasteiger partial charge in [-0.2, -0.15) is 0 Å². The maximum Gasteiger partial charge on any atom is 0.508 e. The molecule has 0 fully saturated rings. The monoisotopic (exact) mass is 424 g/mol. The van der Waals surface area contributed by atoms with Crippen molar-refractivity contribution >= 4 is 6.16 Å². The zero-order chi connectivity index (χ0) is 22.1. The molecular formula is C27H52O3. The molecule has 0 amide bonds. The van der Waals surface area contributed by atoms with Gasteiger partial charge in [0.15, 0.2) is 0 Å². The van der Waals surface area contributed by atoms with Gasteiger partial charge in [-0.15, -0.1) is 0 Å². The van der Waals surface area contributed by atoms with E-state index in [0.717, 1.165) is 31.6 Å². The molecule has 0 aliphatic heterocycles. The van der Waals surface area contributed by atoms with Gasteiger partial charge in [-0.25, -0.2) is 4.79 Å². The van der Waals surface area contributed by atoms with Crippen molar-refractivity contribution in [2.45, 2.75) is 136 Å². The first-order valence-electron chi connectivity index (χ1n) is 13.1. The van der Waals surface area contributed by atoms with Gasteiger partial charge >= 0.3 is 6.16 Å². The summed E-state index contributed by atoms with van der Waals surface area (Å²) in [5.74, 6) is 0.757. The Labute approximate surface area is 188 Å². The smallest absolute Gasteiger partial charge is 0.434 e. The molecule has 0 aromatic rings. The molecule has 30 heavy (non-hydrogen) atoms. The largest absolute Gasteiger partial charge is 0.508 e. The SMILES string of the molecule is CCCCCCCCC=CCCCCCCCCOC(=O)OCCCCCC(C)C. The molecule has 3 nitrogen and oxygen atoms in total. The summed E-state index contributed by atoms with van der Waals surface area (Å²) in [7, 11) is 0. The Morgan fingerprint density at radius 3 is 1.57 bits per heavy atom. The summed E-state index contributed by atoms with van der Waals surface area (Å²) in [6.07, 6.45) is 26.8. The fraction of sp³-hybridized carbons (Fsp3) is 0.889. The summed E-state index contributed by atoms with van der Waals surface area (Å²) in [6.45, 7) is 7.74. The Morgan fingerprint density at radius 1 is 0.633 bits per heavy atom. The summed E-state index contributed by atoms with van der Waals surface area (Å²) in [4.78, 5) is 11.5. The summed E-state index contributed by atoms with van der Waals surface area (Å²) in [5, 5.41) is 0. The average Bonchev–Trinajstić information content (AvgIpc) is 2.72. The molecular weight excluding hydrogens is 372 g/mol. The fourth-order valence-electron chi connectivity index (χ4n) is 3.53. The first kappa shape index (κ1) is 29.0. The standard InChI is InChI=1S/C27H52O3/c1-4-5-6-7-8-9-10-11-12-13-14-15-16-17-18-21-24-29-27(28)30-25-22-19-20-23-26(2)3/h11-12,26H,4-10,13-25H2,1-3H3. The Hall–Kier alpha value is -0.990. The molecule has 0 heterocycles. The molecule has 0 aromatic carbocycles. The van der Waals surface area contributed by atoms with E-state index in [4.69, 9.17) is 9.47 Å². The van der Waals surface area contributed by atoms with Crippen molar-refractivity contribution in [1.82, 2.24) is 0 Å². The van der Waals surface area contributed by atoms with Gasteiger partial charge in [-0.05, 0) is 44.4 Å². The van der Waals surface area contributed by atoms with Crippen molar-refractivity contribution in [3.05, 3.63) is 12.2 Å². The predicted molar refractivity (Wildman–Crippen MR) is 130 cm³/mol. The molecule has 0 N–H and O–H groups in total. The number of allylic oxidation sites excluding steroid dienone is 2. The van der Waals surface area contributed by atoms with E-state index < -0.39 is 6.16 Å². The van der Waals surface area contributed by atoms with Gasteiger partial charge in [0.05, 0.1) is 13.2 Å². The molecule has 0 saturated heterocycles. The zero-order valence-electron chi connectivity index (χ0n) is 20.6. The highest BCUT2D eigenvalue weighted by molar-refractivity contribution is 5.59. The van der Waals surface area contributed by atoms with Gasteiger partial charge in [0, 0.05) is 0 Å². The lowest BCUT2D eigenvalue weighted by atomic mass is 10.1. The topological polar surface area (TPSA) is 35.5 Å². The number of unbranched alkanes of at least 4 members (excludes halogenated alkanes) is 14. The van der Waals surface area contributed by atoms with Gasteiger partial charge in [0.25, 0.3) is 0 Å². The Morgan fingerprint density at radius 2 is 1.07 bits per heavy atom. The van der Waals surface area contributed by atoms with Crippen molar-refractivity contribution in [1.29, 1.82) is 0 Å². The van der Waals surface area contributed by atoms with E-state index in [0.29, 0.717) is 13.2 Å². The highest BCUT2D eigenvalue weighted by atomic mass is 16.7. The lowest BCUT2D eigenvalue weighted by Crippen LogP contribution is -2.09. The third-order valence-corrected chi connectivity index (χ3v) is 5.52. The Balaban J connectivity index is 3.19. The predicted octanol–water partition coefficient (Wildman–Crippen LogP) is 9.39. The summed E-state index contributed by atoms with van der Waals surface area (Å²) < 4.78 is 10.2. The molecule has 178 valence electrons. The second-order valence-electron chi connectivity index (χ2n) is 9.13. The van der Waals surface area contributed by atoms with Gasteiger partial charge in [0.1, 0.15) is 0 Å². The van der Waals surface area contributed by atoms with Crippen LogP contribution in [0.15, 0.2) is 12.2 Å². The molecule has 0 radical (unpaired) electrons. The van der Waals surface area contributed by atoms with Gasteiger partial charge in [-0.3, -0.25) is 0 Å².